The van der Waals surface area contributed by atoms with Gasteiger partial charge in [-0.1, -0.05) is 12.1 Å². The Morgan fingerprint density at radius 3 is 2.89 bits per heavy atom. The molecule has 2 aromatic heterocycles. The molecule has 94 valence electrons. The molecule has 2 aromatic rings. The van der Waals surface area contributed by atoms with Crippen LogP contribution in [0, 0.1) is 6.92 Å². The van der Waals surface area contributed by atoms with Gasteiger partial charge in [-0.15, -0.1) is 11.3 Å². The van der Waals surface area contributed by atoms with Gasteiger partial charge in [-0.25, -0.2) is 0 Å². The highest BCUT2D eigenvalue weighted by Gasteiger charge is 2.19. The molecule has 0 amide bonds. The first-order valence-corrected chi connectivity index (χ1v) is 6.46. The Labute approximate surface area is 109 Å². The van der Waals surface area contributed by atoms with Crippen LogP contribution in [0.15, 0.2) is 35.8 Å². The van der Waals surface area contributed by atoms with E-state index in [1.54, 1.807) is 23.6 Å². The van der Waals surface area contributed by atoms with Crippen molar-refractivity contribution in [1.82, 2.24) is 10.3 Å². The number of aryl methyl sites for hydroxylation is 1. The van der Waals surface area contributed by atoms with E-state index in [2.05, 4.69) is 10.3 Å². The lowest BCUT2D eigenvalue weighted by molar-refractivity contribution is -0.139. The van der Waals surface area contributed by atoms with Crippen LogP contribution < -0.4 is 5.32 Å². The van der Waals surface area contributed by atoms with Gasteiger partial charge in [-0.2, -0.15) is 0 Å². The summed E-state index contributed by atoms with van der Waals surface area (Å²) in [5.74, 6) is -0.891. The number of thiophene rings is 1. The van der Waals surface area contributed by atoms with Crippen molar-refractivity contribution in [3.8, 4) is 0 Å². The molecule has 0 aliphatic rings. The van der Waals surface area contributed by atoms with Crippen LogP contribution in [0.25, 0.3) is 0 Å². The number of carbonyl (C=O) groups is 1. The van der Waals surface area contributed by atoms with Gasteiger partial charge in [0.2, 0.25) is 0 Å². The number of aromatic nitrogens is 1. The van der Waals surface area contributed by atoms with Crippen LogP contribution >= 0.6 is 11.3 Å². The summed E-state index contributed by atoms with van der Waals surface area (Å²) in [5, 5.41) is 14.2. The fraction of sp³-hybridized carbons (Fsp3) is 0.231. The first kappa shape index (κ1) is 12.7. The SMILES string of the molecule is Cc1ccc(C(NCc2cccs2)C(=O)O)cn1. The maximum absolute atomic E-state index is 11.3. The van der Waals surface area contributed by atoms with Crippen LogP contribution in [0.2, 0.25) is 0 Å². The minimum absolute atomic E-state index is 0.544. The zero-order valence-corrected chi connectivity index (χ0v) is 10.8. The third kappa shape index (κ3) is 3.15. The predicted octanol–water partition coefficient (Wildman–Crippen LogP) is 2.37. The third-order valence-corrected chi connectivity index (χ3v) is 3.45. The number of hydrogen-bond donors (Lipinski definition) is 2. The van der Waals surface area contributed by atoms with E-state index in [9.17, 15) is 9.90 Å². The molecular weight excluding hydrogens is 248 g/mol. The number of hydrogen-bond acceptors (Lipinski definition) is 4. The second-order valence-electron chi connectivity index (χ2n) is 3.96. The number of carboxylic acid groups (broad SMARTS) is 1. The van der Waals surface area contributed by atoms with Crippen LogP contribution in [0.3, 0.4) is 0 Å². The normalized spacial score (nSPS) is 12.3. The Balaban J connectivity index is 2.08. The van der Waals surface area contributed by atoms with E-state index in [1.807, 2.05) is 30.5 Å². The van der Waals surface area contributed by atoms with Crippen molar-refractivity contribution in [3.05, 3.63) is 52.0 Å². The van der Waals surface area contributed by atoms with Gasteiger partial charge in [0.15, 0.2) is 0 Å². The lowest BCUT2D eigenvalue weighted by atomic mass is 10.1. The van der Waals surface area contributed by atoms with Crippen LogP contribution in [0.1, 0.15) is 22.2 Å². The van der Waals surface area contributed by atoms with Gasteiger partial charge in [-0.3, -0.25) is 15.1 Å². The molecule has 0 aliphatic carbocycles. The topological polar surface area (TPSA) is 62.2 Å². The largest absolute Gasteiger partial charge is 0.480 e. The van der Waals surface area contributed by atoms with E-state index in [-0.39, 0.29) is 0 Å². The average molecular weight is 262 g/mol. The van der Waals surface area contributed by atoms with Crippen molar-refractivity contribution in [1.29, 1.82) is 0 Å². The second-order valence-corrected chi connectivity index (χ2v) is 5.00. The molecule has 4 nitrogen and oxygen atoms in total. The average Bonchev–Trinajstić information content (AvgIpc) is 2.84. The standard InChI is InChI=1S/C13H14N2O2S/c1-9-4-5-10(7-14-9)12(13(16)17)15-8-11-3-2-6-18-11/h2-7,12,15H,8H2,1H3,(H,16,17). The van der Waals surface area contributed by atoms with Gasteiger partial charge in [-0.05, 0) is 30.0 Å². The molecule has 2 N–H and O–H groups in total. The van der Waals surface area contributed by atoms with Crippen molar-refractivity contribution in [2.45, 2.75) is 19.5 Å². The van der Waals surface area contributed by atoms with E-state index >= 15 is 0 Å². The highest BCUT2D eigenvalue weighted by atomic mass is 32.1. The van der Waals surface area contributed by atoms with E-state index in [0.717, 1.165) is 10.6 Å². The summed E-state index contributed by atoms with van der Waals surface area (Å²) in [6, 6.07) is 6.82. The maximum atomic E-state index is 11.3. The summed E-state index contributed by atoms with van der Waals surface area (Å²) in [7, 11) is 0. The molecule has 0 aromatic carbocycles. The summed E-state index contributed by atoms with van der Waals surface area (Å²) in [4.78, 5) is 16.5. The molecule has 18 heavy (non-hydrogen) atoms. The molecule has 2 heterocycles. The molecule has 0 saturated heterocycles. The van der Waals surface area contributed by atoms with E-state index < -0.39 is 12.0 Å². The monoisotopic (exact) mass is 262 g/mol. The Bertz CT molecular complexity index is 508. The summed E-state index contributed by atoms with van der Waals surface area (Å²) >= 11 is 1.60. The minimum Gasteiger partial charge on any atom is -0.480 e. The number of pyridine rings is 1. The predicted molar refractivity (Wildman–Crippen MR) is 70.5 cm³/mol. The lowest BCUT2D eigenvalue weighted by Crippen LogP contribution is -2.27. The van der Waals surface area contributed by atoms with Gasteiger partial charge in [0.05, 0.1) is 0 Å². The zero-order chi connectivity index (χ0) is 13.0. The molecule has 5 heteroatoms. The summed E-state index contributed by atoms with van der Waals surface area (Å²) in [6.07, 6.45) is 1.61. The number of aliphatic carboxylic acids is 1. The van der Waals surface area contributed by atoms with Gasteiger partial charge in [0.25, 0.3) is 0 Å². The first-order chi connectivity index (χ1) is 8.66. The highest BCUT2D eigenvalue weighted by molar-refractivity contribution is 7.09. The maximum Gasteiger partial charge on any atom is 0.325 e. The van der Waals surface area contributed by atoms with Crippen LogP contribution in [0.4, 0.5) is 0 Å². The lowest BCUT2D eigenvalue weighted by Gasteiger charge is -2.14. The smallest absolute Gasteiger partial charge is 0.325 e. The first-order valence-electron chi connectivity index (χ1n) is 5.58. The van der Waals surface area contributed by atoms with Crippen LogP contribution in [0.5, 0.6) is 0 Å². The van der Waals surface area contributed by atoms with Crippen molar-refractivity contribution < 1.29 is 9.90 Å². The molecule has 1 atom stereocenters. The molecule has 0 radical (unpaired) electrons. The van der Waals surface area contributed by atoms with E-state index in [4.69, 9.17) is 0 Å². The second kappa shape index (κ2) is 5.75. The molecule has 0 saturated carbocycles. The van der Waals surface area contributed by atoms with Gasteiger partial charge in [0.1, 0.15) is 6.04 Å². The Morgan fingerprint density at radius 1 is 1.50 bits per heavy atom. The summed E-state index contributed by atoms with van der Waals surface area (Å²) in [5.41, 5.74) is 1.55. The number of carboxylic acids is 1. The van der Waals surface area contributed by atoms with E-state index in [1.165, 1.54) is 0 Å². The zero-order valence-electron chi connectivity index (χ0n) is 9.96. The third-order valence-electron chi connectivity index (χ3n) is 2.58. The molecular formula is C13H14N2O2S. The Kier molecular flexibility index (Phi) is 4.07. The molecule has 0 aliphatic heterocycles. The molecule has 0 spiro atoms. The van der Waals surface area contributed by atoms with Crippen molar-refractivity contribution in [2.24, 2.45) is 0 Å². The molecule has 0 fully saturated rings. The van der Waals surface area contributed by atoms with Crippen molar-refractivity contribution in [2.75, 3.05) is 0 Å². The quantitative estimate of drug-likeness (QED) is 0.868. The number of nitrogens with zero attached hydrogens (tertiary/aromatic N) is 1. The molecule has 1 unspecified atom stereocenters. The summed E-state index contributed by atoms with van der Waals surface area (Å²) < 4.78 is 0. The fourth-order valence-corrected chi connectivity index (χ4v) is 2.27. The van der Waals surface area contributed by atoms with Gasteiger partial charge in [0, 0.05) is 23.3 Å². The van der Waals surface area contributed by atoms with Crippen molar-refractivity contribution >= 4 is 17.3 Å². The number of nitrogens with one attached hydrogen (secondary N) is 1. The molecule has 2 rings (SSSR count). The molecule has 0 bridgehead atoms. The minimum atomic E-state index is -0.891. The Hall–Kier alpha value is -1.72. The van der Waals surface area contributed by atoms with E-state index in [0.29, 0.717) is 12.1 Å². The van der Waals surface area contributed by atoms with Gasteiger partial charge < -0.3 is 5.11 Å². The Morgan fingerprint density at radius 2 is 2.33 bits per heavy atom. The van der Waals surface area contributed by atoms with Crippen LogP contribution in [-0.4, -0.2) is 16.1 Å². The van der Waals surface area contributed by atoms with Crippen molar-refractivity contribution in [3.63, 3.8) is 0 Å². The van der Waals surface area contributed by atoms with Crippen LogP contribution in [-0.2, 0) is 11.3 Å². The summed E-state index contributed by atoms with van der Waals surface area (Å²) in [6.45, 7) is 2.42. The highest BCUT2D eigenvalue weighted by Crippen LogP contribution is 2.15. The van der Waals surface area contributed by atoms with Gasteiger partial charge >= 0.3 is 5.97 Å². The fourth-order valence-electron chi connectivity index (χ4n) is 1.61. The number of rotatable bonds is 5.